The van der Waals surface area contributed by atoms with Crippen LogP contribution in [0, 0.1) is 0 Å². The Bertz CT molecular complexity index is 679. The van der Waals surface area contributed by atoms with Crippen molar-refractivity contribution in [1.29, 1.82) is 0 Å². The Hall–Kier alpha value is -1.66. The Morgan fingerprint density at radius 3 is 2.48 bits per heavy atom. The number of rotatable bonds is 6. The van der Waals surface area contributed by atoms with E-state index in [2.05, 4.69) is 5.32 Å². The lowest BCUT2D eigenvalue weighted by Crippen LogP contribution is -2.33. The summed E-state index contributed by atoms with van der Waals surface area (Å²) in [5.41, 5.74) is 0.794. The topological polar surface area (TPSA) is 63.2 Å². The van der Waals surface area contributed by atoms with Gasteiger partial charge < -0.3 is 5.32 Å². The highest BCUT2D eigenvalue weighted by Crippen LogP contribution is 2.16. The standard InChI is InChI=1S/C15H17NO3S2/c1-21(18,19)11-14(12-6-3-2-4-7-12)16-15(17)10-13-8-5-9-20-13/h2-9,14H,10-11H2,1H3,(H,16,17)/t14-/m1/s1. The van der Waals surface area contributed by atoms with Crippen molar-refractivity contribution in [1.82, 2.24) is 5.32 Å². The molecule has 1 aromatic carbocycles. The third kappa shape index (κ3) is 5.32. The van der Waals surface area contributed by atoms with Gasteiger partial charge in [0.2, 0.25) is 5.91 Å². The Morgan fingerprint density at radius 2 is 1.90 bits per heavy atom. The normalized spacial score (nSPS) is 12.8. The lowest BCUT2D eigenvalue weighted by Gasteiger charge is -2.18. The molecule has 1 atom stereocenters. The van der Waals surface area contributed by atoms with E-state index in [0.29, 0.717) is 0 Å². The molecule has 1 heterocycles. The van der Waals surface area contributed by atoms with Crippen LogP contribution in [0.4, 0.5) is 0 Å². The average Bonchev–Trinajstić information content (AvgIpc) is 2.90. The smallest absolute Gasteiger partial charge is 0.225 e. The summed E-state index contributed by atoms with van der Waals surface area (Å²) < 4.78 is 23.1. The van der Waals surface area contributed by atoms with Crippen molar-refractivity contribution in [2.75, 3.05) is 12.0 Å². The third-order valence-electron chi connectivity index (χ3n) is 2.92. The molecular weight excluding hydrogens is 306 g/mol. The number of benzene rings is 1. The molecule has 0 aliphatic rings. The third-order valence-corrected chi connectivity index (χ3v) is 4.74. The van der Waals surface area contributed by atoms with Gasteiger partial charge in [0, 0.05) is 11.1 Å². The SMILES string of the molecule is CS(=O)(=O)C[C@@H](NC(=O)Cc1cccs1)c1ccccc1. The highest BCUT2D eigenvalue weighted by Gasteiger charge is 2.19. The Balaban J connectivity index is 2.10. The van der Waals surface area contributed by atoms with Crippen molar-refractivity contribution in [3.8, 4) is 0 Å². The maximum Gasteiger partial charge on any atom is 0.225 e. The quantitative estimate of drug-likeness (QED) is 0.886. The zero-order valence-electron chi connectivity index (χ0n) is 11.7. The van der Waals surface area contributed by atoms with Crippen molar-refractivity contribution in [3.05, 3.63) is 58.3 Å². The van der Waals surface area contributed by atoms with Gasteiger partial charge in [0.05, 0.1) is 18.2 Å². The lowest BCUT2D eigenvalue weighted by molar-refractivity contribution is -0.121. The minimum atomic E-state index is -3.19. The van der Waals surface area contributed by atoms with Gasteiger partial charge in [-0.2, -0.15) is 0 Å². The van der Waals surface area contributed by atoms with Gasteiger partial charge >= 0.3 is 0 Å². The van der Waals surface area contributed by atoms with Gasteiger partial charge in [0.25, 0.3) is 0 Å². The van der Waals surface area contributed by atoms with Crippen LogP contribution < -0.4 is 5.32 Å². The molecule has 1 amide bonds. The fraction of sp³-hybridized carbons (Fsp3) is 0.267. The minimum Gasteiger partial charge on any atom is -0.348 e. The molecule has 112 valence electrons. The van der Waals surface area contributed by atoms with E-state index >= 15 is 0 Å². The predicted octanol–water partition coefficient (Wildman–Crippen LogP) is 2.19. The van der Waals surface area contributed by atoms with Crippen LogP contribution in [-0.4, -0.2) is 26.3 Å². The first-order chi connectivity index (χ1) is 9.94. The van der Waals surface area contributed by atoms with Crippen LogP contribution >= 0.6 is 11.3 Å². The van der Waals surface area contributed by atoms with E-state index in [-0.39, 0.29) is 18.1 Å². The molecule has 2 rings (SSSR count). The molecule has 4 nitrogen and oxygen atoms in total. The van der Waals surface area contributed by atoms with Crippen molar-refractivity contribution in [2.45, 2.75) is 12.5 Å². The molecule has 0 fully saturated rings. The number of carbonyl (C=O) groups is 1. The maximum atomic E-state index is 12.1. The van der Waals surface area contributed by atoms with E-state index in [0.717, 1.165) is 10.4 Å². The monoisotopic (exact) mass is 323 g/mol. The number of sulfone groups is 1. The van der Waals surface area contributed by atoms with Gasteiger partial charge in [-0.1, -0.05) is 36.4 Å². The second-order valence-corrected chi connectivity index (χ2v) is 8.10. The van der Waals surface area contributed by atoms with Crippen LogP contribution in [0.25, 0.3) is 0 Å². The summed E-state index contributed by atoms with van der Waals surface area (Å²) >= 11 is 1.51. The summed E-state index contributed by atoms with van der Waals surface area (Å²) in [6.07, 6.45) is 1.44. The van der Waals surface area contributed by atoms with Crippen molar-refractivity contribution in [3.63, 3.8) is 0 Å². The number of hydrogen-bond acceptors (Lipinski definition) is 4. The van der Waals surface area contributed by atoms with E-state index in [1.165, 1.54) is 17.6 Å². The van der Waals surface area contributed by atoms with Gasteiger partial charge in [-0.15, -0.1) is 11.3 Å². The van der Waals surface area contributed by atoms with Crippen LogP contribution in [0.2, 0.25) is 0 Å². The summed E-state index contributed by atoms with van der Waals surface area (Å²) in [7, 11) is -3.19. The van der Waals surface area contributed by atoms with Crippen LogP contribution in [0.3, 0.4) is 0 Å². The molecule has 1 N–H and O–H groups in total. The molecule has 0 spiro atoms. The molecule has 0 bridgehead atoms. The van der Waals surface area contributed by atoms with Gasteiger partial charge in [0.15, 0.2) is 0 Å². The predicted molar refractivity (Wildman–Crippen MR) is 85.1 cm³/mol. The van der Waals surface area contributed by atoms with E-state index in [1.807, 2.05) is 47.8 Å². The zero-order valence-corrected chi connectivity index (χ0v) is 13.3. The molecule has 0 aliphatic heterocycles. The molecule has 0 unspecified atom stereocenters. The molecule has 21 heavy (non-hydrogen) atoms. The fourth-order valence-electron chi connectivity index (χ4n) is 2.03. The van der Waals surface area contributed by atoms with Gasteiger partial charge in [-0.25, -0.2) is 8.42 Å². The largest absolute Gasteiger partial charge is 0.348 e. The summed E-state index contributed by atoms with van der Waals surface area (Å²) in [5, 5.41) is 4.73. The number of thiophene rings is 1. The first-order valence-electron chi connectivity index (χ1n) is 6.48. The van der Waals surface area contributed by atoms with E-state index in [9.17, 15) is 13.2 Å². The van der Waals surface area contributed by atoms with Crippen LogP contribution in [-0.2, 0) is 21.1 Å². The lowest BCUT2D eigenvalue weighted by atomic mass is 10.1. The van der Waals surface area contributed by atoms with E-state index < -0.39 is 15.9 Å². The van der Waals surface area contributed by atoms with Crippen molar-refractivity contribution >= 4 is 27.1 Å². The second kappa shape index (κ2) is 6.87. The van der Waals surface area contributed by atoms with E-state index in [1.54, 1.807) is 0 Å². The summed E-state index contributed by atoms with van der Waals surface area (Å²) in [6, 6.07) is 12.4. The first-order valence-corrected chi connectivity index (χ1v) is 9.42. The molecule has 0 saturated heterocycles. The maximum absolute atomic E-state index is 12.1. The molecule has 1 aromatic heterocycles. The van der Waals surface area contributed by atoms with Gasteiger partial charge in [0.1, 0.15) is 9.84 Å². The van der Waals surface area contributed by atoms with Crippen molar-refractivity contribution in [2.24, 2.45) is 0 Å². The highest BCUT2D eigenvalue weighted by atomic mass is 32.2. The van der Waals surface area contributed by atoms with Crippen LogP contribution in [0.1, 0.15) is 16.5 Å². The minimum absolute atomic E-state index is 0.104. The second-order valence-electron chi connectivity index (χ2n) is 4.88. The number of hydrogen-bond donors (Lipinski definition) is 1. The zero-order chi connectivity index (χ0) is 15.3. The Kier molecular flexibility index (Phi) is 5.14. The van der Waals surface area contributed by atoms with Crippen molar-refractivity contribution < 1.29 is 13.2 Å². The average molecular weight is 323 g/mol. The number of carbonyl (C=O) groups excluding carboxylic acids is 1. The Morgan fingerprint density at radius 1 is 1.19 bits per heavy atom. The van der Waals surface area contributed by atoms with Gasteiger partial charge in [-0.05, 0) is 17.0 Å². The molecule has 2 aromatic rings. The highest BCUT2D eigenvalue weighted by molar-refractivity contribution is 7.90. The molecule has 0 saturated carbocycles. The summed E-state index contributed by atoms with van der Waals surface area (Å²) in [5.74, 6) is -0.275. The summed E-state index contributed by atoms with van der Waals surface area (Å²) in [4.78, 5) is 13.0. The number of amides is 1. The Labute approximate surface area is 128 Å². The van der Waals surface area contributed by atoms with Gasteiger partial charge in [-0.3, -0.25) is 4.79 Å². The number of nitrogens with one attached hydrogen (secondary N) is 1. The van der Waals surface area contributed by atoms with E-state index in [4.69, 9.17) is 0 Å². The molecular formula is C15H17NO3S2. The van der Waals surface area contributed by atoms with Crippen LogP contribution in [0.15, 0.2) is 47.8 Å². The fourth-order valence-corrected chi connectivity index (χ4v) is 3.61. The van der Waals surface area contributed by atoms with Crippen LogP contribution in [0.5, 0.6) is 0 Å². The molecule has 0 aliphatic carbocycles. The molecule has 0 radical (unpaired) electrons. The molecule has 6 heteroatoms. The first kappa shape index (κ1) is 15.7. The summed E-state index contributed by atoms with van der Waals surface area (Å²) in [6.45, 7) is 0.